The van der Waals surface area contributed by atoms with E-state index in [1.807, 2.05) is 0 Å². The second-order valence-electron chi connectivity index (χ2n) is 4.65. The highest BCUT2D eigenvalue weighted by atomic mass is 79.9. The summed E-state index contributed by atoms with van der Waals surface area (Å²) in [7, 11) is 0. The molecule has 0 atom stereocenters. The molecule has 2 N–H and O–H groups in total. The predicted octanol–water partition coefficient (Wildman–Crippen LogP) is 3.14. The van der Waals surface area contributed by atoms with Gasteiger partial charge in [-0.1, -0.05) is 28.9 Å². The van der Waals surface area contributed by atoms with Crippen LogP contribution < -0.4 is 10.6 Å². The first kappa shape index (κ1) is 11.9. The zero-order valence-corrected chi connectivity index (χ0v) is 11.3. The van der Waals surface area contributed by atoms with Crippen LogP contribution >= 0.6 is 15.9 Å². The van der Waals surface area contributed by atoms with E-state index in [1.54, 1.807) is 0 Å². The second-order valence-corrected chi connectivity index (χ2v) is 5.50. The predicted molar refractivity (Wildman–Crippen MR) is 72.6 cm³/mol. The van der Waals surface area contributed by atoms with Gasteiger partial charge < -0.3 is 10.6 Å². The highest BCUT2D eigenvalue weighted by molar-refractivity contribution is 9.10. The summed E-state index contributed by atoms with van der Waals surface area (Å²) in [5.41, 5.74) is 8.14. The van der Waals surface area contributed by atoms with E-state index in [9.17, 15) is 0 Å². The summed E-state index contributed by atoms with van der Waals surface area (Å²) in [4.78, 5) is 2.46. The maximum absolute atomic E-state index is 5.65. The van der Waals surface area contributed by atoms with Crippen molar-refractivity contribution in [1.82, 2.24) is 0 Å². The minimum Gasteiger partial charge on any atom is -0.371 e. The Morgan fingerprint density at radius 3 is 2.62 bits per heavy atom. The molecule has 0 aromatic heterocycles. The minimum absolute atomic E-state index is 0.595. The quantitative estimate of drug-likeness (QED) is 0.903. The van der Waals surface area contributed by atoms with Gasteiger partial charge in [-0.3, -0.25) is 0 Å². The van der Waals surface area contributed by atoms with Crippen molar-refractivity contribution in [1.29, 1.82) is 0 Å². The Morgan fingerprint density at radius 1 is 1.38 bits per heavy atom. The lowest BCUT2D eigenvalue weighted by molar-refractivity contribution is 0.438. The number of piperidine rings is 1. The topological polar surface area (TPSA) is 29.3 Å². The van der Waals surface area contributed by atoms with Gasteiger partial charge in [-0.05, 0) is 36.5 Å². The van der Waals surface area contributed by atoms with Crippen LogP contribution in [0.5, 0.6) is 0 Å². The fourth-order valence-electron chi connectivity index (χ4n) is 2.17. The molecular weight excluding hydrogens is 264 g/mol. The van der Waals surface area contributed by atoms with Crippen LogP contribution in [-0.2, 0) is 6.54 Å². The monoisotopic (exact) mass is 282 g/mol. The van der Waals surface area contributed by atoms with Gasteiger partial charge >= 0.3 is 0 Å². The van der Waals surface area contributed by atoms with E-state index in [4.69, 9.17) is 5.73 Å². The molecule has 2 rings (SSSR count). The van der Waals surface area contributed by atoms with Gasteiger partial charge in [0.05, 0.1) is 0 Å². The summed E-state index contributed by atoms with van der Waals surface area (Å²) < 4.78 is 1.13. The first-order valence-corrected chi connectivity index (χ1v) is 6.73. The van der Waals surface area contributed by atoms with Gasteiger partial charge in [0.1, 0.15) is 0 Å². The molecule has 16 heavy (non-hydrogen) atoms. The number of anilines is 1. The molecule has 1 aliphatic rings. The Bertz CT molecular complexity index is 357. The number of rotatable bonds is 2. The van der Waals surface area contributed by atoms with E-state index in [0.717, 1.165) is 10.4 Å². The zero-order chi connectivity index (χ0) is 11.5. The van der Waals surface area contributed by atoms with E-state index in [1.165, 1.54) is 37.2 Å². The number of benzene rings is 1. The lowest BCUT2D eigenvalue weighted by Crippen LogP contribution is -2.32. The summed E-state index contributed by atoms with van der Waals surface area (Å²) in [5, 5.41) is 0. The van der Waals surface area contributed by atoms with Crippen LogP contribution in [0.3, 0.4) is 0 Å². The van der Waals surface area contributed by atoms with Crippen molar-refractivity contribution >= 4 is 21.6 Å². The molecule has 3 heteroatoms. The molecule has 0 unspecified atom stereocenters. The highest BCUT2D eigenvalue weighted by Gasteiger charge is 2.16. The van der Waals surface area contributed by atoms with Gasteiger partial charge in [0, 0.05) is 29.8 Å². The third-order valence-electron chi connectivity index (χ3n) is 3.41. The number of hydrogen-bond donors (Lipinski definition) is 1. The second kappa shape index (κ2) is 5.19. The average Bonchev–Trinajstić information content (AvgIpc) is 2.30. The molecule has 88 valence electrons. The molecule has 0 radical (unpaired) electrons. The number of nitrogens with two attached hydrogens (primary N) is 1. The Balaban J connectivity index is 2.12. The van der Waals surface area contributed by atoms with Gasteiger partial charge in [0.25, 0.3) is 0 Å². The van der Waals surface area contributed by atoms with Crippen molar-refractivity contribution in [3.63, 3.8) is 0 Å². The van der Waals surface area contributed by atoms with Crippen molar-refractivity contribution in [3.8, 4) is 0 Å². The van der Waals surface area contributed by atoms with E-state index < -0.39 is 0 Å². The van der Waals surface area contributed by atoms with E-state index in [-0.39, 0.29) is 0 Å². The average molecular weight is 283 g/mol. The molecule has 1 aliphatic heterocycles. The standard InChI is InChI=1S/C13H19BrN2/c1-10-4-6-16(7-5-10)12-3-2-11(9-15)13(14)8-12/h2-3,8,10H,4-7,9,15H2,1H3. The Morgan fingerprint density at radius 2 is 2.06 bits per heavy atom. The van der Waals surface area contributed by atoms with Crippen LogP contribution in [0.4, 0.5) is 5.69 Å². The lowest BCUT2D eigenvalue weighted by atomic mass is 9.99. The van der Waals surface area contributed by atoms with Crippen molar-refractivity contribution < 1.29 is 0 Å². The van der Waals surface area contributed by atoms with Crippen LogP contribution in [0.25, 0.3) is 0 Å². The van der Waals surface area contributed by atoms with Crippen molar-refractivity contribution in [2.75, 3.05) is 18.0 Å². The maximum Gasteiger partial charge on any atom is 0.0377 e. The summed E-state index contributed by atoms with van der Waals surface area (Å²) in [5.74, 6) is 0.878. The molecular formula is C13H19BrN2. The van der Waals surface area contributed by atoms with Gasteiger partial charge in [0.2, 0.25) is 0 Å². The summed E-state index contributed by atoms with van der Waals surface area (Å²) in [6.45, 7) is 5.29. The summed E-state index contributed by atoms with van der Waals surface area (Å²) >= 11 is 3.58. The number of halogens is 1. The minimum atomic E-state index is 0.595. The van der Waals surface area contributed by atoms with E-state index in [0.29, 0.717) is 6.54 Å². The van der Waals surface area contributed by atoms with Crippen LogP contribution in [0.15, 0.2) is 22.7 Å². The van der Waals surface area contributed by atoms with Crippen LogP contribution in [0.2, 0.25) is 0 Å². The van der Waals surface area contributed by atoms with Crippen LogP contribution in [-0.4, -0.2) is 13.1 Å². The van der Waals surface area contributed by atoms with E-state index >= 15 is 0 Å². The van der Waals surface area contributed by atoms with Crippen molar-refractivity contribution in [2.45, 2.75) is 26.3 Å². The fourth-order valence-corrected chi connectivity index (χ4v) is 2.69. The molecule has 0 spiro atoms. The molecule has 1 saturated heterocycles. The van der Waals surface area contributed by atoms with Crippen molar-refractivity contribution in [2.24, 2.45) is 11.7 Å². The highest BCUT2D eigenvalue weighted by Crippen LogP contribution is 2.27. The zero-order valence-electron chi connectivity index (χ0n) is 9.75. The summed E-state index contributed by atoms with van der Waals surface area (Å²) in [6.07, 6.45) is 2.60. The first-order chi connectivity index (χ1) is 7.70. The van der Waals surface area contributed by atoms with Gasteiger partial charge in [-0.2, -0.15) is 0 Å². The molecule has 2 nitrogen and oxygen atoms in total. The largest absolute Gasteiger partial charge is 0.371 e. The normalized spacial score (nSPS) is 17.8. The first-order valence-electron chi connectivity index (χ1n) is 5.94. The lowest BCUT2D eigenvalue weighted by Gasteiger charge is -2.32. The molecule has 0 aliphatic carbocycles. The smallest absolute Gasteiger partial charge is 0.0377 e. The molecule has 1 aromatic carbocycles. The van der Waals surface area contributed by atoms with Gasteiger partial charge in [-0.15, -0.1) is 0 Å². The van der Waals surface area contributed by atoms with Gasteiger partial charge in [-0.25, -0.2) is 0 Å². The van der Waals surface area contributed by atoms with Crippen LogP contribution in [0.1, 0.15) is 25.3 Å². The molecule has 1 aromatic rings. The molecule has 0 bridgehead atoms. The summed E-state index contributed by atoms with van der Waals surface area (Å²) in [6, 6.07) is 6.50. The maximum atomic E-state index is 5.65. The van der Waals surface area contributed by atoms with Crippen LogP contribution in [0, 0.1) is 5.92 Å². The Labute approximate surface area is 106 Å². The third kappa shape index (κ3) is 2.58. The third-order valence-corrected chi connectivity index (χ3v) is 4.14. The number of hydrogen-bond acceptors (Lipinski definition) is 2. The van der Waals surface area contributed by atoms with Gasteiger partial charge in [0.15, 0.2) is 0 Å². The van der Waals surface area contributed by atoms with Crippen molar-refractivity contribution in [3.05, 3.63) is 28.2 Å². The molecule has 1 fully saturated rings. The Hall–Kier alpha value is -0.540. The Kier molecular flexibility index (Phi) is 3.87. The molecule has 1 heterocycles. The fraction of sp³-hybridized carbons (Fsp3) is 0.538. The van der Waals surface area contributed by atoms with E-state index in [2.05, 4.69) is 46.0 Å². The molecule has 0 saturated carbocycles. The SMILES string of the molecule is CC1CCN(c2ccc(CN)c(Br)c2)CC1. The molecule has 0 amide bonds. The number of nitrogens with zero attached hydrogens (tertiary/aromatic N) is 1.